The van der Waals surface area contributed by atoms with Gasteiger partial charge in [-0.15, -0.1) is 0 Å². The summed E-state index contributed by atoms with van der Waals surface area (Å²) in [6.07, 6.45) is -1.64. The summed E-state index contributed by atoms with van der Waals surface area (Å²) >= 11 is 0. The average molecular weight is 274 g/mol. The van der Waals surface area contributed by atoms with Crippen molar-refractivity contribution in [3.63, 3.8) is 0 Å². The predicted octanol–water partition coefficient (Wildman–Crippen LogP) is 2.72. The first-order valence-electron chi connectivity index (χ1n) is 5.97. The normalized spacial score (nSPS) is 17.2. The molecular weight excluding hydrogens is 260 g/mol. The zero-order valence-electron chi connectivity index (χ0n) is 10.2. The predicted molar refractivity (Wildman–Crippen MR) is 64.9 cm³/mol. The number of nitrogens with zero attached hydrogens (tertiary/aromatic N) is 1. The Balaban J connectivity index is 2.18. The molecule has 19 heavy (non-hydrogen) atoms. The molecule has 0 atom stereocenters. The second kappa shape index (κ2) is 5.61. The van der Waals surface area contributed by atoms with Crippen LogP contribution in [0.4, 0.5) is 17.6 Å². The first-order chi connectivity index (χ1) is 8.98. The molecule has 1 aliphatic rings. The van der Waals surface area contributed by atoms with E-state index in [2.05, 4.69) is 5.32 Å². The third-order valence-corrected chi connectivity index (χ3v) is 2.95. The van der Waals surface area contributed by atoms with Gasteiger partial charge >= 0.3 is 6.18 Å². The number of piperazine rings is 1. The van der Waals surface area contributed by atoms with Gasteiger partial charge in [0, 0.05) is 31.7 Å². The average Bonchev–Trinajstić information content (AvgIpc) is 2.37. The van der Waals surface area contributed by atoms with Crippen molar-refractivity contribution in [3.8, 4) is 0 Å². The topological polar surface area (TPSA) is 15.3 Å². The monoisotopic (exact) mass is 274 g/mol. The van der Waals surface area contributed by atoms with Crippen LogP contribution in [0.25, 0.3) is 6.08 Å². The van der Waals surface area contributed by atoms with Crippen LogP contribution in [0.1, 0.15) is 11.1 Å². The molecule has 0 aliphatic carbocycles. The Morgan fingerprint density at radius 3 is 2.47 bits per heavy atom. The minimum atomic E-state index is -4.66. The minimum Gasteiger partial charge on any atom is -0.375 e. The van der Waals surface area contributed by atoms with Gasteiger partial charge in [-0.3, -0.25) is 0 Å². The molecule has 2 rings (SSSR count). The molecule has 0 spiro atoms. The third-order valence-electron chi connectivity index (χ3n) is 2.95. The Morgan fingerprint density at radius 1 is 1.16 bits per heavy atom. The van der Waals surface area contributed by atoms with E-state index < -0.39 is 17.6 Å². The molecule has 1 aromatic carbocycles. The number of hydrogen-bond acceptors (Lipinski definition) is 2. The van der Waals surface area contributed by atoms with E-state index in [1.807, 2.05) is 4.90 Å². The minimum absolute atomic E-state index is 0.0478. The van der Waals surface area contributed by atoms with E-state index >= 15 is 0 Å². The van der Waals surface area contributed by atoms with E-state index in [1.54, 1.807) is 6.20 Å². The summed E-state index contributed by atoms with van der Waals surface area (Å²) in [6, 6.07) is 3.30. The Hall–Kier alpha value is -1.56. The molecule has 0 radical (unpaired) electrons. The SMILES string of the molecule is Fc1c(C=CN2CCNCC2)cccc1C(F)(F)F. The quantitative estimate of drug-likeness (QED) is 0.834. The number of alkyl halides is 3. The van der Waals surface area contributed by atoms with Gasteiger partial charge in [-0.25, -0.2) is 4.39 Å². The van der Waals surface area contributed by atoms with Crippen LogP contribution in [-0.4, -0.2) is 31.1 Å². The van der Waals surface area contributed by atoms with Crippen molar-refractivity contribution in [2.75, 3.05) is 26.2 Å². The van der Waals surface area contributed by atoms with Crippen LogP contribution >= 0.6 is 0 Å². The van der Waals surface area contributed by atoms with Gasteiger partial charge in [0.05, 0.1) is 5.56 Å². The summed E-state index contributed by atoms with van der Waals surface area (Å²) in [5, 5.41) is 3.15. The summed E-state index contributed by atoms with van der Waals surface area (Å²) in [6.45, 7) is 3.15. The summed E-state index contributed by atoms with van der Waals surface area (Å²) in [5.41, 5.74) is -1.27. The lowest BCUT2D eigenvalue weighted by Crippen LogP contribution is -2.40. The van der Waals surface area contributed by atoms with Crippen molar-refractivity contribution in [2.24, 2.45) is 0 Å². The summed E-state index contributed by atoms with van der Waals surface area (Å²) in [5.74, 6) is -1.22. The van der Waals surface area contributed by atoms with Crippen molar-refractivity contribution in [2.45, 2.75) is 6.18 Å². The highest BCUT2D eigenvalue weighted by atomic mass is 19.4. The molecule has 1 aromatic rings. The fourth-order valence-electron chi connectivity index (χ4n) is 1.91. The second-order valence-corrected chi connectivity index (χ2v) is 4.31. The zero-order valence-corrected chi connectivity index (χ0v) is 10.2. The molecule has 0 saturated carbocycles. The Kier molecular flexibility index (Phi) is 4.09. The van der Waals surface area contributed by atoms with Crippen molar-refractivity contribution in [1.82, 2.24) is 10.2 Å². The summed E-state index contributed by atoms with van der Waals surface area (Å²) < 4.78 is 51.3. The molecule has 1 heterocycles. The van der Waals surface area contributed by atoms with Gasteiger partial charge in [-0.2, -0.15) is 13.2 Å². The highest BCUT2D eigenvalue weighted by molar-refractivity contribution is 5.51. The van der Waals surface area contributed by atoms with Gasteiger partial charge in [-0.05, 0) is 18.3 Å². The summed E-state index contributed by atoms with van der Waals surface area (Å²) in [4.78, 5) is 1.94. The maximum Gasteiger partial charge on any atom is 0.419 e. The van der Waals surface area contributed by atoms with Crippen LogP contribution in [0, 0.1) is 5.82 Å². The largest absolute Gasteiger partial charge is 0.419 e. The zero-order chi connectivity index (χ0) is 13.9. The molecule has 1 aliphatic heterocycles. The smallest absolute Gasteiger partial charge is 0.375 e. The standard InChI is InChI=1S/C13H14F4N2/c14-12-10(2-1-3-11(12)13(15,16)17)4-7-19-8-5-18-6-9-19/h1-4,7,18H,5-6,8-9H2. The number of hydrogen-bond donors (Lipinski definition) is 1. The lowest BCUT2D eigenvalue weighted by atomic mass is 10.1. The van der Waals surface area contributed by atoms with Crippen LogP contribution < -0.4 is 5.32 Å². The highest BCUT2D eigenvalue weighted by Crippen LogP contribution is 2.32. The van der Waals surface area contributed by atoms with E-state index in [1.165, 1.54) is 18.2 Å². The number of benzene rings is 1. The molecule has 1 saturated heterocycles. The fourth-order valence-corrected chi connectivity index (χ4v) is 1.91. The molecule has 0 unspecified atom stereocenters. The van der Waals surface area contributed by atoms with Crippen molar-refractivity contribution in [1.29, 1.82) is 0 Å². The molecule has 104 valence electrons. The molecule has 0 amide bonds. The Labute approximate surface area is 108 Å². The van der Waals surface area contributed by atoms with Gasteiger partial charge in [0.15, 0.2) is 0 Å². The number of nitrogens with one attached hydrogen (secondary N) is 1. The van der Waals surface area contributed by atoms with Gasteiger partial charge in [-0.1, -0.05) is 12.1 Å². The van der Waals surface area contributed by atoms with E-state index in [0.29, 0.717) is 0 Å². The lowest BCUT2D eigenvalue weighted by molar-refractivity contribution is -0.140. The van der Waals surface area contributed by atoms with Crippen LogP contribution in [0.3, 0.4) is 0 Å². The van der Waals surface area contributed by atoms with E-state index in [9.17, 15) is 17.6 Å². The molecule has 0 aromatic heterocycles. The van der Waals surface area contributed by atoms with Gasteiger partial charge in [0.2, 0.25) is 0 Å². The van der Waals surface area contributed by atoms with Crippen molar-refractivity contribution in [3.05, 3.63) is 41.3 Å². The molecule has 0 bridgehead atoms. The van der Waals surface area contributed by atoms with Crippen LogP contribution in [0.15, 0.2) is 24.4 Å². The maximum absolute atomic E-state index is 13.7. The number of rotatable bonds is 2. The molecule has 1 fully saturated rings. The Bertz CT molecular complexity index is 462. The van der Waals surface area contributed by atoms with Crippen molar-refractivity contribution >= 4 is 6.08 Å². The van der Waals surface area contributed by atoms with Crippen LogP contribution in [-0.2, 0) is 6.18 Å². The highest BCUT2D eigenvalue weighted by Gasteiger charge is 2.34. The van der Waals surface area contributed by atoms with Gasteiger partial charge < -0.3 is 10.2 Å². The van der Waals surface area contributed by atoms with E-state index in [-0.39, 0.29) is 5.56 Å². The lowest BCUT2D eigenvalue weighted by Gasteiger charge is -2.25. The molecule has 1 N–H and O–H groups in total. The van der Waals surface area contributed by atoms with Crippen LogP contribution in [0.5, 0.6) is 0 Å². The Morgan fingerprint density at radius 2 is 1.84 bits per heavy atom. The van der Waals surface area contributed by atoms with E-state index in [4.69, 9.17) is 0 Å². The summed E-state index contributed by atoms with van der Waals surface area (Å²) in [7, 11) is 0. The molecule has 6 heteroatoms. The third kappa shape index (κ3) is 3.47. The molecule has 2 nitrogen and oxygen atoms in total. The van der Waals surface area contributed by atoms with Crippen LogP contribution in [0.2, 0.25) is 0 Å². The number of halogens is 4. The van der Waals surface area contributed by atoms with Gasteiger partial charge in [0.1, 0.15) is 5.82 Å². The fraction of sp³-hybridized carbons (Fsp3) is 0.385. The van der Waals surface area contributed by atoms with Gasteiger partial charge in [0.25, 0.3) is 0 Å². The first kappa shape index (κ1) is 13.9. The second-order valence-electron chi connectivity index (χ2n) is 4.31. The van der Waals surface area contributed by atoms with Crippen molar-refractivity contribution < 1.29 is 17.6 Å². The molecular formula is C13H14F4N2. The first-order valence-corrected chi connectivity index (χ1v) is 5.97. The maximum atomic E-state index is 13.7. The van der Waals surface area contributed by atoms with E-state index in [0.717, 1.165) is 32.2 Å².